The maximum absolute atomic E-state index is 11.9. The first-order chi connectivity index (χ1) is 8.16. The Hall–Kier alpha value is -2.17. The summed E-state index contributed by atoms with van der Waals surface area (Å²) in [5, 5.41) is 6.18. The van der Waals surface area contributed by atoms with E-state index in [0.29, 0.717) is 5.56 Å². The Balaban J connectivity index is 2.15. The number of nitrogens with zero attached hydrogens (tertiary/aromatic N) is 2. The second-order valence-electron chi connectivity index (χ2n) is 3.85. The van der Waals surface area contributed by atoms with Gasteiger partial charge in [-0.2, -0.15) is 5.10 Å². The van der Waals surface area contributed by atoms with E-state index in [0.717, 1.165) is 5.75 Å². The van der Waals surface area contributed by atoms with Crippen molar-refractivity contribution in [2.45, 2.75) is 20.0 Å². The highest BCUT2D eigenvalue weighted by atomic mass is 16.5. The topological polar surface area (TPSA) is 67.9 Å². The maximum Gasteiger partial charge on any atom is 0.229 e. The van der Waals surface area contributed by atoms with Gasteiger partial charge in [0.1, 0.15) is 12.1 Å². The number of nitrogens with one attached hydrogen (secondary N) is 1. The van der Waals surface area contributed by atoms with Crippen molar-refractivity contribution in [2.75, 3.05) is 0 Å². The molecule has 1 aromatic heterocycles. The van der Waals surface area contributed by atoms with E-state index in [-0.39, 0.29) is 17.7 Å². The number of carbonyl (C=O) groups excluding carboxylic acids is 1. The summed E-state index contributed by atoms with van der Waals surface area (Å²) in [6, 6.07) is 6.96. The largest absolute Gasteiger partial charge is 0.491 e. The van der Waals surface area contributed by atoms with Crippen molar-refractivity contribution < 1.29 is 9.53 Å². The third-order valence-electron chi connectivity index (χ3n) is 2.12. The maximum atomic E-state index is 11.9. The van der Waals surface area contributed by atoms with Crippen molar-refractivity contribution in [2.24, 2.45) is 0 Å². The first kappa shape index (κ1) is 11.3. The Morgan fingerprint density at radius 2 is 2.00 bits per heavy atom. The van der Waals surface area contributed by atoms with Crippen LogP contribution in [0, 0.1) is 0 Å². The minimum Gasteiger partial charge on any atom is -0.491 e. The molecule has 5 nitrogen and oxygen atoms in total. The summed E-state index contributed by atoms with van der Waals surface area (Å²) in [4.78, 5) is 15.7. The van der Waals surface area contributed by atoms with Crippen molar-refractivity contribution in [1.29, 1.82) is 0 Å². The van der Waals surface area contributed by atoms with E-state index in [4.69, 9.17) is 4.74 Å². The number of ether oxygens (including phenoxy) is 1. The van der Waals surface area contributed by atoms with Crippen LogP contribution in [0.25, 0.3) is 0 Å². The molecule has 0 radical (unpaired) electrons. The molecule has 0 fully saturated rings. The van der Waals surface area contributed by atoms with Crippen molar-refractivity contribution in [1.82, 2.24) is 15.2 Å². The first-order valence-corrected chi connectivity index (χ1v) is 5.33. The summed E-state index contributed by atoms with van der Waals surface area (Å²) >= 11 is 0. The molecule has 88 valence electrons. The van der Waals surface area contributed by atoms with Crippen LogP contribution in [0.5, 0.6) is 5.75 Å². The lowest BCUT2D eigenvalue weighted by Crippen LogP contribution is -2.07. The average molecular weight is 231 g/mol. The molecule has 0 bridgehead atoms. The summed E-state index contributed by atoms with van der Waals surface area (Å²) in [6.07, 6.45) is 1.43. The number of hydrogen-bond donors (Lipinski definition) is 1. The molecule has 2 rings (SSSR count). The number of H-pyrrole nitrogens is 1. The second-order valence-corrected chi connectivity index (χ2v) is 3.85. The lowest BCUT2D eigenvalue weighted by atomic mass is 10.1. The van der Waals surface area contributed by atoms with Crippen LogP contribution >= 0.6 is 0 Å². The number of rotatable bonds is 4. The third kappa shape index (κ3) is 2.69. The molecular weight excluding hydrogens is 218 g/mol. The first-order valence-electron chi connectivity index (χ1n) is 5.33. The van der Waals surface area contributed by atoms with Gasteiger partial charge < -0.3 is 4.74 Å². The molecule has 0 aliphatic heterocycles. The average Bonchev–Trinajstić information content (AvgIpc) is 2.82. The molecule has 0 aliphatic rings. The minimum atomic E-state index is -0.182. The van der Waals surface area contributed by atoms with Crippen molar-refractivity contribution in [3.63, 3.8) is 0 Å². The number of ketones is 1. The molecule has 0 amide bonds. The fourth-order valence-corrected chi connectivity index (χ4v) is 1.41. The Labute approximate surface area is 98.8 Å². The van der Waals surface area contributed by atoms with Gasteiger partial charge in [0.05, 0.1) is 6.10 Å². The van der Waals surface area contributed by atoms with E-state index in [2.05, 4.69) is 15.2 Å². The Bertz CT molecular complexity index is 489. The number of hydrogen-bond acceptors (Lipinski definition) is 4. The van der Waals surface area contributed by atoms with Gasteiger partial charge in [-0.05, 0) is 38.1 Å². The molecule has 1 N–H and O–H groups in total. The Kier molecular flexibility index (Phi) is 3.18. The lowest BCUT2D eigenvalue weighted by molar-refractivity contribution is 0.103. The summed E-state index contributed by atoms with van der Waals surface area (Å²) in [7, 11) is 0. The smallest absolute Gasteiger partial charge is 0.229 e. The monoisotopic (exact) mass is 231 g/mol. The minimum absolute atomic E-state index is 0.117. The van der Waals surface area contributed by atoms with Gasteiger partial charge in [0.25, 0.3) is 0 Å². The lowest BCUT2D eigenvalue weighted by Gasteiger charge is -2.09. The zero-order valence-corrected chi connectivity index (χ0v) is 9.68. The summed E-state index contributed by atoms with van der Waals surface area (Å²) < 4.78 is 5.49. The van der Waals surface area contributed by atoms with Crippen LogP contribution in [0.2, 0.25) is 0 Å². The predicted molar refractivity (Wildman–Crippen MR) is 62.0 cm³/mol. The van der Waals surface area contributed by atoms with E-state index in [9.17, 15) is 4.79 Å². The van der Waals surface area contributed by atoms with Crippen LogP contribution in [-0.4, -0.2) is 27.1 Å². The molecule has 0 atom stereocenters. The second kappa shape index (κ2) is 4.78. The van der Waals surface area contributed by atoms with E-state index < -0.39 is 0 Å². The molecule has 0 aliphatic carbocycles. The van der Waals surface area contributed by atoms with Gasteiger partial charge in [0.15, 0.2) is 5.82 Å². The predicted octanol–water partition coefficient (Wildman–Crippen LogP) is 1.82. The highest BCUT2D eigenvalue weighted by Gasteiger charge is 2.11. The van der Waals surface area contributed by atoms with Crippen molar-refractivity contribution >= 4 is 5.78 Å². The van der Waals surface area contributed by atoms with E-state index in [1.165, 1.54) is 6.33 Å². The van der Waals surface area contributed by atoms with E-state index >= 15 is 0 Å². The number of carbonyl (C=O) groups is 1. The van der Waals surface area contributed by atoms with Crippen molar-refractivity contribution in [3.8, 4) is 5.75 Å². The van der Waals surface area contributed by atoms with Gasteiger partial charge in [-0.25, -0.2) is 4.98 Å². The molecule has 0 unspecified atom stereocenters. The number of aromatic nitrogens is 3. The molecular formula is C12H13N3O2. The molecule has 1 aromatic carbocycles. The van der Waals surface area contributed by atoms with Crippen LogP contribution in [0.15, 0.2) is 30.6 Å². The standard InChI is InChI=1S/C12H13N3O2/c1-8(2)17-10-5-3-9(4-6-10)11(16)12-13-7-14-15-12/h3-8H,1-2H3,(H,13,14,15). The fraction of sp³-hybridized carbons (Fsp3) is 0.250. The Morgan fingerprint density at radius 1 is 1.29 bits per heavy atom. The Morgan fingerprint density at radius 3 is 2.53 bits per heavy atom. The highest BCUT2D eigenvalue weighted by Crippen LogP contribution is 2.15. The number of aromatic amines is 1. The van der Waals surface area contributed by atoms with Gasteiger partial charge in [0, 0.05) is 5.56 Å². The summed E-state index contributed by atoms with van der Waals surface area (Å²) in [5.74, 6) is 0.801. The van der Waals surface area contributed by atoms with Gasteiger partial charge >= 0.3 is 0 Å². The molecule has 0 saturated carbocycles. The van der Waals surface area contributed by atoms with Crippen LogP contribution in [0.4, 0.5) is 0 Å². The zero-order chi connectivity index (χ0) is 12.3. The van der Waals surface area contributed by atoms with Crippen LogP contribution in [-0.2, 0) is 0 Å². The van der Waals surface area contributed by atoms with Crippen LogP contribution in [0.3, 0.4) is 0 Å². The van der Waals surface area contributed by atoms with Gasteiger partial charge in [-0.1, -0.05) is 0 Å². The number of benzene rings is 1. The fourth-order valence-electron chi connectivity index (χ4n) is 1.41. The molecule has 2 aromatic rings. The van der Waals surface area contributed by atoms with Crippen LogP contribution in [0.1, 0.15) is 30.0 Å². The molecule has 0 spiro atoms. The van der Waals surface area contributed by atoms with Gasteiger partial charge in [-0.3, -0.25) is 9.89 Å². The van der Waals surface area contributed by atoms with Gasteiger partial charge in [0.2, 0.25) is 5.78 Å². The SMILES string of the molecule is CC(C)Oc1ccc(C(=O)c2ncn[nH]2)cc1. The quantitative estimate of drug-likeness (QED) is 0.815. The molecule has 0 saturated heterocycles. The third-order valence-corrected chi connectivity index (χ3v) is 2.12. The summed E-state index contributed by atoms with van der Waals surface area (Å²) in [5.41, 5.74) is 0.554. The normalized spacial score (nSPS) is 10.5. The molecule has 5 heteroatoms. The summed E-state index contributed by atoms with van der Waals surface area (Å²) in [6.45, 7) is 3.90. The van der Waals surface area contributed by atoms with E-state index in [1.54, 1.807) is 24.3 Å². The van der Waals surface area contributed by atoms with Gasteiger partial charge in [-0.15, -0.1) is 0 Å². The van der Waals surface area contributed by atoms with E-state index in [1.807, 2.05) is 13.8 Å². The van der Waals surface area contributed by atoms with Crippen molar-refractivity contribution in [3.05, 3.63) is 42.0 Å². The van der Waals surface area contributed by atoms with Crippen LogP contribution < -0.4 is 4.74 Å². The molecule has 1 heterocycles. The molecule has 17 heavy (non-hydrogen) atoms. The zero-order valence-electron chi connectivity index (χ0n) is 9.68. The highest BCUT2D eigenvalue weighted by molar-refractivity contribution is 6.06.